The first kappa shape index (κ1) is 18.9. The zero-order valence-electron chi connectivity index (χ0n) is 14.8. The zero-order chi connectivity index (χ0) is 18.7. The van der Waals surface area contributed by atoms with Crippen LogP contribution in [0.15, 0.2) is 54.6 Å². The molecule has 0 unspecified atom stereocenters. The number of carbonyl (C=O) groups is 1. The predicted molar refractivity (Wildman–Crippen MR) is 91.8 cm³/mol. The number of hydrogen-bond acceptors (Lipinski definition) is 3. The van der Waals surface area contributed by atoms with Gasteiger partial charge in [0.2, 0.25) is 0 Å². The molecule has 0 bridgehead atoms. The molecule has 0 radical (unpaired) electrons. The quantitative estimate of drug-likeness (QED) is 0.694. The van der Waals surface area contributed by atoms with Crippen LogP contribution in [0.3, 0.4) is 0 Å². The van der Waals surface area contributed by atoms with E-state index >= 15 is 0 Å². The average molecular weight is 348 g/mol. The van der Waals surface area contributed by atoms with Crippen LogP contribution in [0.2, 0.25) is 0 Å². The SMILES string of the molecule is CC(C)OC(=O)C(C)(C)Oc1ccc(C(F)(F)c2ccccc2)cc1. The molecule has 0 spiro atoms. The number of carbonyl (C=O) groups excluding carboxylic acids is 1. The monoisotopic (exact) mass is 348 g/mol. The lowest BCUT2D eigenvalue weighted by atomic mass is 10.0. The molecule has 5 heteroatoms. The molecule has 0 aromatic heterocycles. The van der Waals surface area contributed by atoms with Crippen molar-refractivity contribution in [1.82, 2.24) is 0 Å². The van der Waals surface area contributed by atoms with Crippen molar-refractivity contribution in [2.75, 3.05) is 0 Å². The predicted octanol–water partition coefficient (Wildman–Crippen LogP) is 4.94. The van der Waals surface area contributed by atoms with Crippen LogP contribution in [0, 0.1) is 0 Å². The first-order chi connectivity index (χ1) is 11.6. The number of ether oxygens (including phenoxy) is 2. The Bertz CT molecular complexity index is 707. The molecule has 0 saturated carbocycles. The van der Waals surface area contributed by atoms with Gasteiger partial charge >= 0.3 is 5.97 Å². The Kier molecular flexibility index (Phi) is 5.45. The summed E-state index contributed by atoms with van der Waals surface area (Å²) in [6.07, 6.45) is -0.262. The van der Waals surface area contributed by atoms with Crippen LogP contribution >= 0.6 is 0 Å². The van der Waals surface area contributed by atoms with Crippen LogP contribution in [-0.2, 0) is 15.5 Å². The highest BCUT2D eigenvalue weighted by Crippen LogP contribution is 2.36. The van der Waals surface area contributed by atoms with Crippen molar-refractivity contribution in [1.29, 1.82) is 0 Å². The number of rotatable bonds is 6. The Morgan fingerprint density at radius 1 is 0.920 bits per heavy atom. The van der Waals surface area contributed by atoms with Gasteiger partial charge in [0, 0.05) is 11.1 Å². The van der Waals surface area contributed by atoms with Gasteiger partial charge in [-0.2, -0.15) is 8.78 Å². The molecule has 0 aliphatic heterocycles. The van der Waals surface area contributed by atoms with E-state index in [0.29, 0.717) is 5.75 Å². The van der Waals surface area contributed by atoms with Crippen molar-refractivity contribution in [3.63, 3.8) is 0 Å². The Labute approximate surface area is 146 Å². The van der Waals surface area contributed by atoms with E-state index in [4.69, 9.17) is 9.47 Å². The molecule has 25 heavy (non-hydrogen) atoms. The summed E-state index contributed by atoms with van der Waals surface area (Å²) >= 11 is 0. The normalized spacial score (nSPS) is 12.1. The van der Waals surface area contributed by atoms with Gasteiger partial charge in [-0.3, -0.25) is 0 Å². The Morgan fingerprint density at radius 2 is 1.44 bits per heavy atom. The molecule has 0 N–H and O–H groups in total. The van der Waals surface area contributed by atoms with Gasteiger partial charge in [0.15, 0.2) is 5.60 Å². The molecule has 2 rings (SSSR count). The van der Waals surface area contributed by atoms with Crippen LogP contribution in [-0.4, -0.2) is 17.7 Å². The fourth-order valence-corrected chi connectivity index (χ4v) is 2.24. The molecule has 0 amide bonds. The van der Waals surface area contributed by atoms with Crippen LogP contribution in [0.5, 0.6) is 5.75 Å². The number of halogens is 2. The van der Waals surface area contributed by atoms with Gasteiger partial charge in [0.05, 0.1) is 6.10 Å². The molecule has 0 saturated heterocycles. The summed E-state index contributed by atoms with van der Waals surface area (Å²) in [6, 6.07) is 13.1. The highest BCUT2D eigenvalue weighted by molar-refractivity contribution is 5.79. The smallest absolute Gasteiger partial charge is 0.350 e. The summed E-state index contributed by atoms with van der Waals surface area (Å²) in [4.78, 5) is 12.0. The molecule has 0 aliphatic carbocycles. The molecule has 3 nitrogen and oxygen atoms in total. The summed E-state index contributed by atoms with van der Waals surface area (Å²) in [6.45, 7) is 6.64. The minimum absolute atomic E-state index is 0.0792. The van der Waals surface area contributed by atoms with Gasteiger partial charge < -0.3 is 9.47 Å². The fourth-order valence-electron chi connectivity index (χ4n) is 2.24. The lowest BCUT2D eigenvalue weighted by Crippen LogP contribution is -2.40. The Morgan fingerprint density at radius 3 is 1.96 bits per heavy atom. The molecule has 0 fully saturated rings. The molecular weight excluding hydrogens is 326 g/mol. The fraction of sp³-hybridized carbons (Fsp3) is 0.350. The van der Waals surface area contributed by atoms with E-state index in [2.05, 4.69) is 0 Å². The van der Waals surface area contributed by atoms with Gasteiger partial charge in [0.1, 0.15) is 5.75 Å². The van der Waals surface area contributed by atoms with Crippen LogP contribution in [0.25, 0.3) is 0 Å². The van der Waals surface area contributed by atoms with E-state index < -0.39 is 17.5 Å². The number of hydrogen-bond donors (Lipinski definition) is 0. The van der Waals surface area contributed by atoms with Crippen molar-refractivity contribution >= 4 is 5.97 Å². The summed E-state index contributed by atoms with van der Waals surface area (Å²) in [7, 11) is 0. The third kappa shape index (κ3) is 4.56. The molecule has 0 aliphatic rings. The number of esters is 1. The molecule has 0 heterocycles. The summed E-state index contributed by atoms with van der Waals surface area (Å²) in [5.41, 5.74) is -1.44. The van der Waals surface area contributed by atoms with E-state index in [9.17, 15) is 13.6 Å². The van der Waals surface area contributed by atoms with Crippen LogP contribution < -0.4 is 4.74 Å². The average Bonchev–Trinajstić information content (AvgIpc) is 2.55. The van der Waals surface area contributed by atoms with Gasteiger partial charge in [-0.25, -0.2) is 4.79 Å². The maximum atomic E-state index is 14.5. The van der Waals surface area contributed by atoms with E-state index in [1.165, 1.54) is 36.4 Å². The Balaban J connectivity index is 2.16. The van der Waals surface area contributed by atoms with Crippen LogP contribution in [0.1, 0.15) is 38.8 Å². The first-order valence-corrected chi connectivity index (χ1v) is 8.07. The largest absolute Gasteiger partial charge is 0.476 e. The summed E-state index contributed by atoms with van der Waals surface area (Å²) in [5.74, 6) is -3.30. The molecule has 134 valence electrons. The number of alkyl halides is 2. The van der Waals surface area contributed by atoms with E-state index in [1.807, 2.05) is 0 Å². The van der Waals surface area contributed by atoms with E-state index in [0.717, 1.165) is 0 Å². The lowest BCUT2D eigenvalue weighted by molar-refractivity contribution is -0.163. The first-order valence-electron chi connectivity index (χ1n) is 8.07. The number of benzene rings is 2. The van der Waals surface area contributed by atoms with Crippen molar-refractivity contribution in [3.05, 3.63) is 65.7 Å². The van der Waals surface area contributed by atoms with E-state index in [1.54, 1.807) is 45.9 Å². The molecular formula is C20H22F2O3. The standard InChI is InChI=1S/C20H22F2O3/c1-14(2)24-18(23)19(3,4)25-17-12-10-16(11-13-17)20(21,22)15-8-6-5-7-9-15/h5-14H,1-4H3. The molecule has 0 atom stereocenters. The minimum Gasteiger partial charge on any atom is -0.476 e. The second-order valence-electron chi connectivity index (χ2n) is 6.53. The third-order valence-corrected chi connectivity index (χ3v) is 3.56. The highest BCUT2D eigenvalue weighted by atomic mass is 19.3. The zero-order valence-corrected chi connectivity index (χ0v) is 14.8. The highest BCUT2D eigenvalue weighted by Gasteiger charge is 2.35. The van der Waals surface area contributed by atoms with Gasteiger partial charge in [0.25, 0.3) is 5.92 Å². The summed E-state index contributed by atoms with van der Waals surface area (Å²) < 4.78 is 39.8. The molecule has 2 aromatic carbocycles. The summed E-state index contributed by atoms with van der Waals surface area (Å²) in [5, 5.41) is 0. The minimum atomic E-state index is -3.11. The van der Waals surface area contributed by atoms with E-state index in [-0.39, 0.29) is 17.2 Å². The maximum absolute atomic E-state index is 14.5. The maximum Gasteiger partial charge on any atom is 0.350 e. The topological polar surface area (TPSA) is 35.5 Å². The van der Waals surface area contributed by atoms with Crippen molar-refractivity contribution in [3.8, 4) is 5.75 Å². The van der Waals surface area contributed by atoms with Crippen molar-refractivity contribution in [2.45, 2.75) is 45.3 Å². The second-order valence-corrected chi connectivity index (χ2v) is 6.53. The van der Waals surface area contributed by atoms with Crippen molar-refractivity contribution in [2.24, 2.45) is 0 Å². The Hall–Kier alpha value is -2.43. The van der Waals surface area contributed by atoms with Crippen LogP contribution in [0.4, 0.5) is 8.78 Å². The van der Waals surface area contributed by atoms with Crippen molar-refractivity contribution < 1.29 is 23.0 Å². The molecule has 2 aromatic rings. The third-order valence-electron chi connectivity index (χ3n) is 3.56. The van der Waals surface area contributed by atoms with Gasteiger partial charge in [-0.15, -0.1) is 0 Å². The van der Waals surface area contributed by atoms with Gasteiger partial charge in [-0.1, -0.05) is 30.3 Å². The lowest BCUT2D eigenvalue weighted by Gasteiger charge is -2.26. The second kappa shape index (κ2) is 7.21. The van der Waals surface area contributed by atoms with Gasteiger partial charge in [-0.05, 0) is 52.0 Å².